The van der Waals surface area contributed by atoms with E-state index >= 15 is 4.39 Å². The van der Waals surface area contributed by atoms with Gasteiger partial charge in [0.05, 0.1) is 98.5 Å². The Labute approximate surface area is 655 Å². The summed E-state index contributed by atoms with van der Waals surface area (Å²) in [5, 5.41) is 42.6. The molecule has 4 aliphatic rings. The van der Waals surface area contributed by atoms with Crippen molar-refractivity contribution >= 4 is 109 Å². The van der Waals surface area contributed by atoms with Gasteiger partial charge in [-0.1, -0.05) is 45.9 Å². The second-order valence-corrected chi connectivity index (χ2v) is 29.5. The predicted octanol–water partition coefficient (Wildman–Crippen LogP) is 6.77. The molecule has 115 heavy (non-hydrogen) atoms. The number of ether oxygens (including phenoxy) is 5. The molecule has 12 N–H and O–H groups in total. The fraction of sp³-hybridized carbons (Fsp3) is 0.434. The number of cyclic esters (lactones) is 1. The fourth-order valence-electron chi connectivity index (χ4n) is 13.9. The number of halogens is 4. The van der Waals surface area contributed by atoms with Crippen LogP contribution in [0.1, 0.15) is 130 Å². The van der Waals surface area contributed by atoms with Gasteiger partial charge in [0.2, 0.25) is 23.3 Å². The molecule has 10 amide bonds. The molecule has 0 bridgehead atoms. The number of sulfonamides is 1. The standard InChI is InChI=1S/C76H87F4N13O21S/c1-6-23-81-72(105)85-45-12-9-14-47(33-45)115(108,109)91-46-13-8-11-42(32-46)54(36-60(95)96)89-74(107)84-44-18-16-43(17-19-44)83-73(106)82-24-27-111-29-31-112-30-28-110-26-22-59(94)86-56(37-61(97)98)68(101)92-25-10-15-57(92)66(99)90-64(40(3)4)69(102)114-75(7-2)51-34-58-65-49(38-93(58)67(100)50(51)39-113-71(75)104)63-53(88-70(103)76(78,79)80)21-20-48-41(5)52(77)35-55(87-65)62(48)63/h8-9,11-14,16-19,32-35,40,53-54,56-57,64,91H,6-7,10,15,20-31,36-39H2,1-5H3,(H,86,94)(H,88,103)(H,90,99)(H,95,96)(H,97,98)(H2,81,85,105)(H2,82,83,106)(H2,84,89,107)/t53-,54+,56-,57-,64-,75-/m0/s1. The molecule has 0 unspecified atom stereocenters. The number of likely N-dealkylation sites (tertiary alicyclic amines) is 1. The molecule has 1 saturated heterocycles. The second-order valence-electron chi connectivity index (χ2n) is 27.8. The van der Waals surface area contributed by atoms with Gasteiger partial charge >= 0.3 is 54.1 Å². The Morgan fingerprint density at radius 1 is 0.730 bits per heavy atom. The van der Waals surface area contributed by atoms with E-state index in [0.717, 1.165) is 11.0 Å². The Morgan fingerprint density at radius 2 is 1.37 bits per heavy atom. The Morgan fingerprint density at radius 3 is 2.03 bits per heavy atom. The number of nitrogens with zero attached hydrogens (tertiary/aromatic N) is 3. The smallest absolute Gasteiger partial charge is 0.471 e. The van der Waals surface area contributed by atoms with Crippen LogP contribution < -0.4 is 58.1 Å². The average molecular weight is 1630 g/mol. The number of urea groups is 3. The first-order valence-electron chi connectivity index (χ1n) is 37.0. The highest BCUT2D eigenvalue weighted by molar-refractivity contribution is 7.92. The maximum atomic E-state index is 15.5. The topological polar surface area (TPSA) is 467 Å². The minimum absolute atomic E-state index is 0.0191. The molecule has 34 nitrogen and oxygen atoms in total. The molecule has 0 radical (unpaired) electrons. The van der Waals surface area contributed by atoms with E-state index in [2.05, 4.69) is 52.6 Å². The number of rotatable bonds is 35. The zero-order chi connectivity index (χ0) is 83.2. The van der Waals surface area contributed by atoms with Gasteiger partial charge in [0, 0.05) is 71.4 Å². The monoisotopic (exact) mass is 1630 g/mol. The third kappa shape index (κ3) is 20.8. The number of carboxylic acids is 2. The van der Waals surface area contributed by atoms with Crippen LogP contribution in [0.5, 0.6) is 0 Å². The van der Waals surface area contributed by atoms with Gasteiger partial charge in [0.25, 0.3) is 15.6 Å². The number of carbonyl (C=O) groups is 11. The zero-order valence-corrected chi connectivity index (χ0v) is 63.9. The molecule has 1 aliphatic carbocycles. The lowest BCUT2D eigenvalue weighted by molar-refractivity contribution is -0.191. The van der Waals surface area contributed by atoms with Crippen molar-refractivity contribution in [2.75, 3.05) is 79.9 Å². The minimum Gasteiger partial charge on any atom is -0.481 e. The Bertz CT molecular complexity index is 4930. The Hall–Kier alpha value is -11.8. The number of anilines is 4. The molecule has 2 aromatic heterocycles. The Balaban J connectivity index is 0.636. The largest absolute Gasteiger partial charge is 0.481 e. The molecule has 1 fully saturated rings. The number of pyridine rings is 2. The number of aryl methyl sites for hydroxylation is 1. The van der Waals surface area contributed by atoms with Crippen LogP contribution in [0, 0.1) is 18.7 Å². The van der Waals surface area contributed by atoms with Crippen LogP contribution in [0.25, 0.3) is 22.3 Å². The highest BCUT2D eigenvalue weighted by Crippen LogP contribution is 2.47. The number of carbonyl (C=O) groups excluding carboxylic acids is 9. The molecule has 4 aromatic carbocycles. The van der Waals surface area contributed by atoms with E-state index in [9.17, 15) is 89.3 Å². The number of esters is 2. The van der Waals surface area contributed by atoms with Crippen molar-refractivity contribution in [3.8, 4) is 11.4 Å². The number of benzene rings is 4. The third-order valence-corrected chi connectivity index (χ3v) is 20.9. The maximum Gasteiger partial charge on any atom is 0.471 e. The minimum atomic E-state index is -5.25. The van der Waals surface area contributed by atoms with E-state index in [4.69, 9.17) is 28.7 Å². The molecule has 616 valence electrons. The first-order chi connectivity index (χ1) is 54.7. The first-order valence-corrected chi connectivity index (χ1v) is 38.5. The van der Waals surface area contributed by atoms with Crippen LogP contribution in [0.15, 0.2) is 94.6 Å². The van der Waals surface area contributed by atoms with E-state index < -0.39 is 154 Å². The van der Waals surface area contributed by atoms with Gasteiger partial charge in [-0.2, -0.15) is 13.2 Å². The number of hydrogen-bond acceptors (Lipinski definition) is 20. The molecular weight excluding hydrogens is 1540 g/mol. The van der Waals surface area contributed by atoms with Crippen molar-refractivity contribution in [2.45, 2.75) is 152 Å². The van der Waals surface area contributed by atoms with Gasteiger partial charge in [-0.15, -0.1) is 0 Å². The van der Waals surface area contributed by atoms with Crippen molar-refractivity contribution < 1.29 is 113 Å². The highest BCUT2D eigenvalue weighted by Gasteiger charge is 2.53. The summed E-state index contributed by atoms with van der Waals surface area (Å²) in [6.45, 7) is 7.82. The van der Waals surface area contributed by atoms with Gasteiger partial charge in [0.1, 0.15) is 30.5 Å². The molecule has 0 spiro atoms. The quantitative estimate of drug-likeness (QED) is 0.0111. The number of amides is 10. The number of aromatic nitrogens is 2. The first kappa shape index (κ1) is 85.6. The third-order valence-electron chi connectivity index (χ3n) is 19.6. The van der Waals surface area contributed by atoms with Gasteiger partial charge in [-0.25, -0.2) is 41.8 Å². The number of hydrogen-bond donors (Lipinski definition) is 12. The SMILES string of the molecule is CCCNC(=O)Nc1cccc(S(=O)(=O)Nc2cccc([C@@H](CC(=O)O)NC(=O)Nc3ccc(NC(=O)NCCOCCOCCOCCC(=O)N[C@@H](CC(=O)O)C(=O)N4CCC[C@H]4C(=O)N[C@H](C(=O)O[C@]4(CC)C(=O)OCc5c4cc4n(c5=O)Cc5c-4nc4cc(F)c(C)c6c4c5[C@@H](NC(=O)C(F)(F)F)CC6)C(C)C)cc3)c2)c1. The summed E-state index contributed by atoms with van der Waals surface area (Å²) in [5.41, 5.74) is -0.898. The number of alkyl halides is 3. The second kappa shape index (κ2) is 37.4. The van der Waals surface area contributed by atoms with Crippen molar-refractivity contribution in [3.05, 3.63) is 140 Å². The summed E-state index contributed by atoms with van der Waals surface area (Å²) in [5.74, 6) is -11.1. The molecule has 5 heterocycles. The number of aliphatic carboxylic acids is 2. The summed E-state index contributed by atoms with van der Waals surface area (Å²) in [7, 11) is -4.20. The van der Waals surface area contributed by atoms with Crippen LogP contribution in [-0.2, 0) is 97.2 Å². The molecular formula is C76H87F4N13O21S. The fourth-order valence-corrected chi connectivity index (χ4v) is 15.0. The highest BCUT2D eigenvalue weighted by atomic mass is 32.2. The molecule has 6 aromatic rings. The summed E-state index contributed by atoms with van der Waals surface area (Å²) in [6.07, 6.45) is -6.32. The Kier molecular flexibility index (Phi) is 27.8. The van der Waals surface area contributed by atoms with Gasteiger partial charge in [0.15, 0.2) is 0 Å². The summed E-state index contributed by atoms with van der Waals surface area (Å²) < 4.78 is 115. The molecule has 10 rings (SSSR count). The van der Waals surface area contributed by atoms with Crippen LogP contribution in [0.3, 0.4) is 0 Å². The summed E-state index contributed by atoms with van der Waals surface area (Å²) >= 11 is 0. The van der Waals surface area contributed by atoms with E-state index in [1.807, 2.05) is 6.92 Å². The van der Waals surface area contributed by atoms with Gasteiger partial charge < -0.3 is 91.2 Å². The zero-order valence-electron chi connectivity index (χ0n) is 63.1. The maximum absolute atomic E-state index is 15.5. The lowest BCUT2D eigenvalue weighted by Crippen LogP contribution is -2.57. The summed E-state index contributed by atoms with van der Waals surface area (Å²) in [6, 6.07) is 11.1. The summed E-state index contributed by atoms with van der Waals surface area (Å²) in [4.78, 5) is 165. The molecule has 0 saturated carbocycles. The van der Waals surface area contributed by atoms with Crippen molar-refractivity contribution in [2.24, 2.45) is 5.92 Å². The van der Waals surface area contributed by atoms with E-state index in [0.29, 0.717) is 29.6 Å². The average Bonchev–Trinajstić information content (AvgIpc) is 1.64. The molecule has 3 aliphatic heterocycles. The van der Waals surface area contributed by atoms with Crippen molar-refractivity contribution in [3.63, 3.8) is 0 Å². The van der Waals surface area contributed by atoms with E-state index in [-0.39, 0.29) is 170 Å². The predicted molar refractivity (Wildman–Crippen MR) is 403 cm³/mol. The van der Waals surface area contributed by atoms with Crippen molar-refractivity contribution in [1.29, 1.82) is 0 Å². The number of fused-ring (bicyclic) bond motifs is 5. The normalized spacial score (nSPS) is 16.8. The van der Waals surface area contributed by atoms with E-state index in [1.165, 1.54) is 97.3 Å². The molecule has 6 atom stereocenters. The van der Waals surface area contributed by atoms with Crippen LogP contribution in [-0.4, -0.2) is 182 Å². The van der Waals surface area contributed by atoms with Crippen molar-refractivity contribution in [1.82, 2.24) is 46.4 Å². The van der Waals surface area contributed by atoms with E-state index in [1.54, 1.807) is 13.8 Å². The van der Waals surface area contributed by atoms with Crippen LogP contribution in [0.2, 0.25) is 0 Å². The number of carboxylic acid groups (broad SMARTS) is 2. The van der Waals surface area contributed by atoms with Crippen LogP contribution >= 0.6 is 0 Å². The lowest BCUT2D eigenvalue weighted by atomic mass is 9.81. The van der Waals surface area contributed by atoms with Gasteiger partial charge in [-0.05, 0) is 134 Å². The van der Waals surface area contributed by atoms with Gasteiger partial charge in [-0.3, -0.25) is 38.3 Å². The molecule has 39 heteroatoms. The van der Waals surface area contributed by atoms with Crippen LogP contribution in [0.4, 0.5) is 54.7 Å². The lowest BCUT2D eigenvalue weighted by Gasteiger charge is -2.37. The number of nitrogens with one attached hydrogen (secondary N) is 10.